The van der Waals surface area contributed by atoms with E-state index in [9.17, 15) is 0 Å². The molecule has 11 aromatic rings. The summed E-state index contributed by atoms with van der Waals surface area (Å²) in [6, 6.07) is 77.2. The van der Waals surface area contributed by atoms with Crippen LogP contribution in [0.3, 0.4) is 0 Å². The molecule has 0 N–H and O–H groups in total. The Morgan fingerprint density at radius 2 is 0.780 bits per heavy atom. The highest BCUT2D eigenvalue weighted by Crippen LogP contribution is 2.40. The Balaban J connectivity index is 1.04. The van der Waals surface area contributed by atoms with Crippen molar-refractivity contribution in [3.8, 4) is 73.2 Å². The van der Waals surface area contributed by atoms with Gasteiger partial charge in [0, 0.05) is 33.2 Å². The van der Waals surface area contributed by atoms with Crippen LogP contribution < -0.4 is 0 Å². The monoisotopic (exact) mass is 752 g/mol. The topological polar surface area (TPSA) is 43.6 Å². The molecule has 0 saturated heterocycles. The van der Waals surface area contributed by atoms with Crippen LogP contribution in [0.15, 0.2) is 218 Å². The third-order valence-corrected chi connectivity index (χ3v) is 11.2. The first-order valence-electron chi connectivity index (χ1n) is 19.9. The zero-order valence-electron chi connectivity index (χ0n) is 32.1. The summed E-state index contributed by atoms with van der Waals surface area (Å²) in [5, 5.41) is 4.86. The summed E-state index contributed by atoms with van der Waals surface area (Å²) in [4.78, 5) is 15.0. The second-order valence-electron chi connectivity index (χ2n) is 14.8. The lowest BCUT2D eigenvalue weighted by Crippen LogP contribution is -2.00. The van der Waals surface area contributed by atoms with Gasteiger partial charge in [-0.2, -0.15) is 0 Å². The number of nitrogens with zero attached hydrogens (tertiary/aromatic N) is 4. The minimum atomic E-state index is 0.634. The summed E-state index contributed by atoms with van der Waals surface area (Å²) in [7, 11) is 0. The van der Waals surface area contributed by atoms with Crippen LogP contribution in [0.1, 0.15) is 0 Å². The van der Waals surface area contributed by atoms with Gasteiger partial charge in [0.05, 0.1) is 11.0 Å². The van der Waals surface area contributed by atoms with Gasteiger partial charge in [0.25, 0.3) is 0 Å². The van der Waals surface area contributed by atoms with Crippen molar-refractivity contribution in [2.45, 2.75) is 0 Å². The van der Waals surface area contributed by atoms with Gasteiger partial charge in [0.15, 0.2) is 17.5 Å². The second kappa shape index (κ2) is 14.5. The third-order valence-electron chi connectivity index (χ3n) is 11.2. The Labute approximate surface area is 342 Å². The maximum absolute atomic E-state index is 5.03. The Bertz CT molecular complexity index is 3250. The predicted octanol–water partition coefficient (Wildman–Crippen LogP) is 14.1. The van der Waals surface area contributed by atoms with E-state index in [1.165, 1.54) is 49.3 Å². The molecule has 0 amide bonds. The third kappa shape index (κ3) is 6.24. The molecule has 2 heterocycles. The Kier molecular flexibility index (Phi) is 8.45. The van der Waals surface area contributed by atoms with Gasteiger partial charge in [-0.3, -0.25) is 0 Å². The molecule has 4 nitrogen and oxygen atoms in total. The summed E-state index contributed by atoms with van der Waals surface area (Å²) in [6.07, 6.45) is 0. The Hall–Kier alpha value is -7.95. The number of fused-ring (bicyclic) bond motifs is 4. The fourth-order valence-corrected chi connectivity index (χ4v) is 8.46. The molecule has 11 rings (SSSR count). The van der Waals surface area contributed by atoms with E-state index in [4.69, 9.17) is 15.0 Å². The summed E-state index contributed by atoms with van der Waals surface area (Å²) >= 11 is 0. The van der Waals surface area contributed by atoms with Crippen LogP contribution >= 0.6 is 0 Å². The molecular weight excluding hydrogens is 717 g/mol. The lowest BCUT2D eigenvalue weighted by atomic mass is 9.91. The molecule has 0 radical (unpaired) electrons. The lowest BCUT2D eigenvalue weighted by molar-refractivity contribution is 1.07. The van der Waals surface area contributed by atoms with Crippen molar-refractivity contribution in [1.82, 2.24) is 19.5 Å². The van der Waals surface area contributed by atoms with Crippen molar-refractivity contribution in [3.05, 3.63) is 218 Å². The van der Waals surface area contributed by atoms with Gasteiger partial charge in [-0.15, -0.1) is 0 Å². The highest BCUT2D eigenvalue weighted by molar-refractivity contribution is 6.11. The molecule has 4 heteroatoms. The van der Waals surface area contributed by atoms with Crippen molar-refractivity contribution in [1.29, 1.82) is 0 Å². The van der Waals surface area contributed by atoms with Gasteiger partial charge in [-0.25, -0.2) is 15.0 Å². The van der Waals surface area contributed by atoms with Gasteiger partial charge in [-0.1, -0.05) is 182 Å². The van der Waals surface area contributed by atoms with Crippen molar-refractivity contribution < 1.29 is 0 Å². The van der Waals surface area contributed by atoms with Gasteiger partial charge >= 0.3 is 0 Å². The molecule has 0 aliphatic carbocycles. The van der Waals surface area contributed by atoms with Gasteiger partial charge in [0.2, 0.25) is 0 Å². The molecule has 0 atom stereocenters. The molecule has 0 spiro atoms. The van der Waals surface area contributed by atoms with E-state index in [1.54, 1.807) is 0 Å². The molecule has 0 bridgehead atoms. The van der Waals surface area contributed by atoms with Crippen LogP contribution in [0.5, 0.6) is 0 Å². The smallest absolute Gasteiger partial charge is 0.164 e. The largest absolute Gasteiger partial charge is 0.309 e. The summed E-state index contributed by atoms with van der Waals surface area (Å²) in [5.41, 5.74) is 13.3. The van der Waals surface area contributed by atoms with Gasteiger partial charge in [-0.05, 0) is 80.6 Å². The van der Waals surface area contributed by atoms with Crippen molar-refractivity contribution >= 4 is 32.6 Å². The van der Waals surface area contributed by atoms with E-state index < -0.39 is 0 Å². The van der Waals surface area contributed by atoms with Crippen LogP contribution in [0, 0.1) is 0 Å². The second-order valence-corrected chi connectivity index (χ2v) is 14.8. The quantitative estimate of drug-likeness (QED) is 0.163. The Morgan fingerprint density at radius 3 is 1.44 bits per heavy atom. The molecule has 0 aliphatic heterocycles. The van der Waals surface area contributed by atoms with E-state index in [1.807, 2.05) is 60.7 Å². The molecule has 9 aromatic carbocycles. The van der Waals surface area contributed by atoms with Crippen LogP contribution in [0.4, 0.5) is 0 Å². The molecule has 2 aromatic heterocycles. The predicted molar refractivity (Wildman–Crippen MR) is 244 cm³/mol. The van der Waals surface area contributed by atoms with Crippen molar-refractivity contribution in [2.24, 2.45) is 0 Å². The van der Waals surface area contributed by atoms with Gasteiger partial charge in [0.1, 0.15) is 0 Å². The number of para-hydroxylation sites is 1. The van der Waals surface area contributed by atoms with Crippen LogP contribution in [0.2, 0.25) is 0 Å². The fraction of sp³-hybridized carbons (Fsp3) is 0. The first-order chi connectivity index (χ1) is 29.2. The van der Waals surface area contributed by atoms with Crippen LogP contribution in [0.25, 0.3) is 106 Å². The molecule has 0 unspecified atom stereocenters. The molecule has 0 aliphatic rings. The number of aromatic nitrogens is 4. The zero-order valence-corrected chi connectivity index (χ0v) is 32.1. The maximum atomic E-state index is 5.03. The SMILES string of the molecule is c1ccc(-c2ccc3c(c2)c2ccccc2n3-c2cccc(-c3cccc4cccc(-c5cccc(-c6nc(-c7ccccc7)nc(-c7ccccc7)n6)c5)c34)c2)cc1. The first kappa shape index (κ1) is 34.3. The number of hydrogen-bond acceptors (Lipinski definition) is 3. The number of hydrogen-bond donors (Lipinski definition) is 0. The Morgan fingerprint density at radius 1 is 0.288 bits per heavy atom. The fourth-order valence-electron chi connectivity index (χ4n) is 8.46. The first-order valence-corrected chi connectivity index (χ1v) is 19.9. The molecule has 276 valence electrons. The number of benzene rings is 9. The number of rotatable bonds is 7. The zero-order chi connectivity index (χ0) is 39.1. The van der Waals surface area contributed by atoms with Crippen LogP contribution in [-0.2, 0) is 0 Å². The van der Waals surface area contributed by atoms with E-state index in [-0.39, 0.29) is 0 Å². The summed E-state index contributed by atoms with van der Waals surface area (Å²) in [6.45, 7) is 0. The van der Waals surface area contributed by atoms with Crippen molar-refractivity contribution in [3.63, 3.8) is 0 Å². The molecule has 59 heavy (non-hydrogen) atoms. The van der Waals surface area contributed by atoms with E-state index in [0.717, 1.165) is 39.1 Å². The highest BCUT2D eigenvalue weighted by atomic mass is 15.0. The molecular formula is C55H36N4. The highest BCUT2D eigenvalue weighted by Gasteiger charge is 2.17. The van der Waals surface area contributed by atoms with E-state index in [0.29, 0.717) is 17.5 Å². The van der Waals surface area contributed by atoms with E-state index >= 15 is 0 Å². The summed E-state index contributed by atoms with van der Waals surface area (Å²) < 4.78 is 2.40. The van der Waals surface area contributed by atoms with E-state index in [2.05, 4.69) is 162 Å². The average Bonchev–Trinajstić information content (AvgIpc) is 3.65. The normalized spacial score (nSPS) is 11.4. The maximum Gasteiger partial charge on any atom is 0.164 e. The average molecular weight is 753 g/mol. The van der Waals surface area contributed by atoms with Crippen molar-refractivity contribution in [2.75, 3.05) is 0 Å². The lowest BCUT2D eigenvalue weighted by Gasteiger charge is -2.15. The minimum Gasteiger partial charge on any atom is -0.309 e. The van der Waals surface area contributed by atoms with Gasteiger partial charge < -0.3 is 4.57 Å². The summed E-state index contributed by atoms with van der Waals surface area (Å²) in [5.74, 6) is 1.92. The molecule has 0 saturated carbocycles. The minimum absolute atomic E-state index is 0.634. The van der Waals surface area contributed by atoms with Crippen LogP contribution in [-0.4, -0.2) is 19.5 Å². The molecule has 0 fully saturated rings. The standard InChI is InChI=1S/C55H36N4/c1-4-16-37(17-5-1)41-32-33-51-49(36-41)48-28-10-11-31-50(48)59(51)45-27-13-25-43(35-45)47-30-15-23-38-22-14-29-46(52(38)47)42-24-12-26-44(34-42)55-57-53(39-18-6-2-7-19-39)56-54(58-55)40-20-8-3-9-21-40/h1-36H.